The molecule has 0 unspecified atom stereocenters. The summed E-state index contributed by atoms with van der Waals surface area (Å²) in [5.74, 6) is 0.719. The second-order valence-corrected chi connectivity index (χ2v) is 5.95. The Morgan fingerprint density at radius 2 is 2.12 bits per heavy atom. The molecule has 0 aliphatic carbocycles. The standard InChI is InChI=1S/C19H30N4O2/c1-3-20-19(21-12-8-14-25-4-2)22-15-18(24)23-13-7-10-16-9-5-6-11-17(16)23/h5-6,9,11H,3-4,7-8,10,12-15H2,1-2H3,(H2,20,21,22). The van der Waals surface area contributed by atoms with Gasteiger partial charge in [0.15, 0.2) is 5.96 Å². The molecule has 6 nitrogen and oxygen atoms in total. The number of aryl methyl sites for hydroxylation is 1. The first kappa shape index (κ1) is 19.2. The number of aliphatic imine (C=N–C) groups is 1. The van der Waals surface area contributed by atoms with Gasteiger partial charge in [-0.2, -0.15) is 0 Å². The van der Waals surface area contributed by atoms with E-state index in [1.165, 1.54) is 5.56 Å². The Balaban J connectivity index is 1.90. The van der Waals surface area contributed by atoms with Crippen LogP contribution in [0.1, 0.15) is 32.3 Å². The highest BCUT2D eigenvalue weighted by Crippen LogP contribution is 2.26. The third-order valence-corrected chi connectivity index (χ3v) is 4.09. The van der Waals surface area contributed by atoms with Gasteiger partial charge < -0.3 is 20.3 Å². The number of hydrogen-bond donors (Lipinski definition) is 2. The van der Waals surface area contributed by atoms with E-state index in [2.05, 4.69) is 21.7 Å². The zero-order valence-corrected chi connectivity index (χ0v) is 15.4. The molecule has 6 heteroatoms. The number of rotatable bonds is 8. The van der Waals surface area contributed by atoms with Gasteiger partial charge in [-0.05, 0) is 44.7 Å². The van der Waals surface area contributed by atoms with Gasteiger partial charge in [-0.15, -0.1) is 0 Å². The first-order chi connectivity index (χ1) is 12.3. The Bertz CT molecular complexity index is 574. The van der Waals surface area contributed by atoms with Gasteiger partial charge in [-0.25, -0.2) is 4.99 Å². The number of benzene rings is 1. The average molecular weight is 346 g/mol. The number of ether oxygens (including phenoxy) is 1. The molecule has 1 aliphatic heterocycles. The summed E-state index contributed by atoms with van der Waals surface area (Å²) in [6.45, 7) is 7.92. The lowest BCUT2D eigenvalue weighted by atomic mass is 10.0. The van der Waals surface area contributed by atoms with Crippen molar-refractivity contribution in [3.05, 3.63) is 29.8 Å². The SMILES string of the molecule is CCNC(=NCC(=O)N1CCCc2ccccc21)NCCCOCC. The third-order valence-electron chi connectivity index (χ3n) is 4.09. The average Bonchev–Trinajstić information content (AvgIpc) is 2.65. The fourth-order valence-electron chi connectivity index (χ4n) is 2.89. The molecule has 1 aliphatic rings. The molecule has 0 aromatic heterocycles. The summed E-state index contributed by atoms with van der Waals surface area (Å²) in [6, 6.07) is 8.13. The molecule has 138 valence electrons. The van der Waals surface area contributed by atoms with E-state index < -0.39 is 0 Å². The molecule has 0 fully saturated rings. The first-order valence-corrected chi connectivity index (χ1v) is 9.24. The van der Waals surface area contributed by atoms with E-state index in [4.69, 9.17) is 4.74 Å². The van der Waals surface area contributed by atoms with Gasteiger partial charge in [0, 0.05) is 38.5 Å². The zero-order valence-electron chi connectivity index (χ0n) is 15.4. The maximum atomic E-state index is 12.6. The van der Waals surface area contributed by atoms with E-state index in [9.17, 15) is 4.79 Å². The summed E-state index contributed by atoms with van der Waals surface area (Å²) >= 11 is 0. The van der Waals surface area contributed by atoms with Crippen molar-refractivity contribution in [1.29, 1.82) is 0 Å². The fraction of sp³-hybridized carbons (Fsp3) is 0.579. The highest BCUT2D eigenvalue weighted by Gasteiger charge is 2.21. The summed E-state index contributed by atoms with van der Waals surface area (Å²) in [4.78, 5) is 18.9. The van der Waals surface area contributed by atoms with Crippen molar-refractivity contribution in [1.82, 2.24) is 10.6 Å². The molecule has 1 aromatic carbocycles. The van der Waals surface area contributed by atoms with E-state index in [1.807, 2.05) is 36.9 Å². The molecule has 0 radical (unpaired) electrons. The lowest BCUT2D eigenvalue weighted by Gasteiger charge is -2.29. The van der Waals surface area contributed by atoms with Crippen molar-refractivity contribution in [2.24, 2.45) is 4.99 Å². The molecular formula is C19H30N4O2. The second-order valence-electron chi connectivity index (χ2n) is 5.95. The molecule has 0 saturated carbocycles. The van der Waals surface area contributed by atoms with Crippen LogP contribution < -0.4 is 15.5 Å². The molecule has 1 heterocycles. The topological polar surface area (TPSA) is 66.0 Å². The van der Waals surface area contributed by atoms with Crippen LogP contribution in [0.4, 0.5) is 5.69 Å². The maximum Gasteiger partial charge on any atom is 0.248 e. The van der Waals surface area contributed by atoms with E-state index >= 15 is 0 Å². The van der Waals surface area contributed by atoms with Gasteiger partial charge in [-0.3, -0.25) is 4.79 Å². The summed E-state index contributed by atoms with van der Waals surface area (Å²) in [7, 11) is 0. The maximum absolute atomic E-state index is 12.6. The molecule has 1 amide bonds. The van der Waals surface area contributed by atoms with Gasteiger partial charge in [0.25, 0.3) is 0 Å². The summed E-state index contributed by atoms with van der Waals surface area (Å²) in [5, 5.41) is 6.42. The zero-order chi connectivity index (χ0) is 17.9. The Hall–Kier alpha value is -2.08. The summed E-state index contributed by atoms with van der Waals surface area (Å²) in [6.07, 6.45) is 2.95. The summed E-state index contributed by atoms with van der Waals surface area (Å²) < 4.78 is 5.33. The number of nitrogens with zero attached hydrogens (tertiary/aromatic N) is 2. The van der Waals surface area contributed by atoms with E-state index in [1.54, 1.807) is 0 Å². The van der Waals surface area contributed by atoms with Gasteiger partial charge in [-0.1, -0.05) is 18.2 Å². The minimum atomic E-state index is 0.0404. The lowest BCUT2D eigenvalue weighted by Crippen LogP contribution is -2.41. The number of guanidine groups is 1. The lowest BCUT2D eigenvalue weighted by molar-refractivity contribution is -0.117. The smallest absolute Gasteiger partial charge is 0.248 e. The number of para-hydroxylation sites is 1. The van der Waals surface area contributed by atoms with Crippen LogP contribution in [-0.2, 0) is 16.0 Å². The molecule has 0 bridgehead atoms. The fourth-order valence-corrected chi connectivity index (χ4v) is 2.89. The van der Waals surface area contributed by atoms with Gasteiger partial charge in [0.2, 0.25) is 5.91 Å². The minimum absolute atomic E-state index is 0.0404. The van der Waals surface area contributed by atoms with Gasteiger partial charge in [0.05, 0.1) is 0 Å². The quantitative estimate of drug-likeness (QED) is 0.429. The van der Waals surface area contributed by atoms with Gasteiger partial charge >= 0.3 is 0 Å². The Morgan fingerprint density at radius 1 is 1.28 bits per heavy atom. The Labute approximate surface area is 150 Å². The normalized spacial score (nSPS) is 14.2. The van der Waals surface area contributed by atoms with Crippen LogP contribution in [-0.4, -0.2) is 51.3 Å². The molecule has 25 heavy (non-hydrogen) atoms. The van der Waals surface area contributed by atoms with E-state index in [0.29, 0.717) is 5.96 Å². The third kappa shape index (κ3) is 6.05. The largest absolute Gasteiger partial charge is 0.382 e. The van der Waals surface area contributed by atoms with Crippen molar-refractivity contribution < 1.29 is 9.53 Å². The van der Waals surface area contributed by atoms with Crippen LogP contribution in [0.15, 0.2) is 29.3 Å². The van der Waals surface area contributed by atoms with Crippen molar-refractivity contribution in [3.8, 4) is 0 Å². The molecule has 1 aromatic rings. The van der Waals surface area contributed by atoms with Crippen LogP contribution in [0.25, 0.3) is 0 Å². The molecular weight excluding hydrogens is 316 g/mol. The van der Waals surface area contributed by atoms with E-state index in [0.717, 1.165) is 57.8 Å². The Morgan fingerprint density at radius 3 is 2.92 bits per heavy atom. The van der Waals surface area contributed by atoms with Gasteiger partial charge in [0.1, 0.15) is 6.54 Å². The number of hydrogen-bond acceptors (Lipinski definition) is 3. The summed E-state index contributed by atoms with van der Waals surface area (Å²) in [5.41, 5.74) is 2.27. The molecule has 2 rings (SSSR count). The van der Waals surface area contributed by atoms with Crippen molar-refractivity contribution in [2.45, 2.75) is 33.1 Å². The van der Waals surface area contributed by atoms with Crippen LogP contribution in [0.5, 0.6) is 0 Å². The molecule has 2 N–H and O–H groups in total. The van der Waals surface area contributed by atoms with Crippen LogP contribution >= 0.6 is 0 Å². The number of carbonyl (C=O) groups is 1. The minimum Gasteiger partial charge on any atom is -0.382 e. The first-order valence-electron chi connectivity index (χ1n) is 9.24. The number of nitrogens with one attached hydrogen (secondary N) is 2. The van der Waals surface area contributed by atoms with E-state index in [-0.39, 0.29) is 12.5 Å². The number of fused-ring (bicyclic) bond motifs is 1. The number of amides is 1. The highest BCUT2D eigenvalue weighted by molar-refractivity contribution is 5.97. The Kier molecular flexibility index (Phi) is 8.25. The molecule has 0 spiro atoms. The monoisotopic (exact) mass is 346 g/mol. The number of anilines is 1. The van der Waals surface area contributed by atoms with Crippen molar-refractivity contribution >= 4 is 17.6 Å². The number of carbonyl (C=O) groups excluding carboxylic acids is 1. The van der Waals surface area contributed by atoms with Crippen LogP contribution in [0.2, 0.25) is 0 Å². The predicted molar refractivity (Wildman–Crippen MR) is 102 cm³/mol. The highest BCUT2D eigenvalue weighted by atomic mass is 16.5. The van der Waals surface area contributed by atoms with Crippen molar-refractivity contribution in [2.75, 3.05) is 44.3 Å². The van der Waals surface area contributed by atoms with Crippen LogP contribution in [0.3, 0.4) is 0 Å². The second kappa shape index (κ2) is 10.7. The molecule has 0 saturated heterocycles. The predicted octanol–water partition coefficient (Wildman–Crippen LogP) is 1.95. The molecule has 0 atom stereocenters. The van der Waals surface area contributed by atoms with Crippen molar-refractivity contribution in [3.63, 3.8) is 0 Å². The van der Waals surface area contributed by atoms with Crippen LogP contribution in [0, 0.1) is 0 Å².